The van der Waals surface area contributed by atoms with E-state index < -0.39 is 78.4 Å². The number of aromatic amines is 2. The number of aliphatic hydroxyl groups excluding tert-OH is 1. The number of hydrogen-bond donors (Lipinski definition) is 6. The normalized spacial score (nSPS) is 9.95. The Hall–Kier alpha value is -5.85. The molecule has 2 aromatic heterocycles. The van der Waals surface area contributed by atoms with Crippen LogP contribution in [0.3, 0.4) is 0 Å². The number of benzene rings is 5. The molecule has 0 aliphatic carbocycles. The van der Waals surface area contributed by atoms with Crippen molar-refractivity contribution in [2.24, 2.45) is 0 Å². The summed E-state index contributed by atoms with van der Waals surface area (Å²) in [5, 5.41) is 22.0. The van der Waals surface area contributed by atoms with Gasteiger partial charge in [-0.3, -0.25) is 10.6 Å². The van der Waals surface area contributed by atoms with Crippen molar-refractivity contribution < 1.29 is 108 Å². The third-order valence-corrected chi connectivity index (χ3v) is 11.0. The number of fused-ring (bicyclic) bond motifs is 2. The third kappa shape index (κ3) is 27.2. The van der Waals surface area contributed by atoms with Crippen molar-refractivity contribution in [1.29, 1.82) is 0 Å². The van der Waals surface area contributed by atoms with Gasteiger partial charge in [0.15, 0.2) is 11.6 Å². The molecule has 7 aromatic rings. The van der Waals surface area contributed by atoms with Gasteiger partial charge in [-0.15, -0.1) is 12.2 Å². The summed E-state index contributed by atoms with van der Waals surface area (Å²) in [4.78, 5) is 38.6. The number of Topliss-reactive ketones (excluding diaryl/α,β-unsaturated/α-hetero) is 1. The van der Waals surface area contributed by atoms with E-state index in [9.17, 15) is 58.3 Å². The molecule has 0 saturated heterocycles. The molecule has 0 spiro atoms. The first-order valence-corrected chi connectivity index (χ1v) is 28.1. The monoisotopic (exact) mass is 1270 g/mol. The number of carbonyl (C=O) groups is 3. The predicted octanol–water partition coefficient (Wildman–Crippen LogP) is 11.2. The number of anilines is 3. The molecule has 0 radical (unpaired) electrons. The van der Waals surface area contributed by atoms with E-state index in [2.05, 4.69) is 73.4 Å². The summed E-state index contributed by atoms with van der Waals surface area (Å²) in [6, 6.07) is 11.3. The molecule has 0 fully saturated rings. The van der Waals surface area contributed by atoms with Gasteiger partial charge in [-0.1, -0.05) is 32.5 Å². The van der Waals surface area contributed by atoms with Gasteiger partial charge in [0.1, 0.15) is 60.4 Å². The summed E-state index contributed by atoms with van der Waals surface area (Å²) >= 11 is 5.82. The maximum Gasteiger partial charge on any atom is 1.00 e. The molecule has 7 rings (SSSR count). The first-order chi connectivity index (χ1) is 36.6. The second kappa shape index (κ2) is 37.2. The van der Waals surface area contributed by atoms with E-state index in [4.69, 9.17) is 15.9 Å². The molecule has 79 heavy (non-hydrogen) atoms. The van der Waals surface area contributed by atoms with Gasteiger partial charge < -0.3 is 40.2 Å². The van der Waals surface area contributed by atoms with Gasteiger partial charge in [0, 0.05) is 75.5 Å². The first kappa shape index (κ1) is 73.1. The smallest absolute Gasteiger partial charge is 0.855 e. The molecule has 2 heterocycles. The Balaban J connectivity index is 0.000000949. The molecular weight excluding hydrogens is 1220 g/mol. The zero-order valence-electron chi connectivity index (χ0n) is 44.3. The summed E-state index contributed by atoms with van der Waals surface area (Å²) in [5.74, 6) is -4.10. The number of nitrogens with two attached hydrogens (primary N) is 1. The number of ether oxygens (including phenoxy) is 2. The Labute approximate surface area is 489 Å². The second-order valence-electron chi connectivity index (χ2n) is 16.3. The SMILES string of the molecule is CC(=O)CCc1c[nH]c2c(F)cc(F)cc12.CCO.CCOC(=O)Nc1c(F)cc(F)cc1Br.CCOC(=O)Nc1c(F)cc(F)cc1C#C[Si](C)(C)C.CC[O-].Fc1cc(F)c2[nH]ccc2c1.Nc1c(F)cc(F)cc1Br.[Na+]. The van der Waals surface area contributed by atoms with Crippen LogP contribution in [0.2, 0.25) is 19.6 Å². The van der Waals surface area contributed by atoms with Crippen LogP contribution in [0, 0.1) is 69.6 Å². The number of H-pyrrole nitrogens is 2. The van der Waals surface area contributed by atoms with Crippen LogP contribution in [-0.4, -0.2) is 67.5 Å². The molecule has 0 unspecified atom stereocenters. The van der Waals surface area contributed by atoms with Crippen molar-refractivity contribution in [3.05, 3.63) is 157 Å². The van der Waals surface area contributed by atoms with Crippen LogP contribution in [0.4, 0.5) is 70.6 Å². The molecule has 2 amide bonds. The fourth-order valence-corrected chi connectivity index (χ4v) is 7.05. The summed E-state index contributed by atoms with van der Waals surface area (Å²) in [6.45, 7) is 14.6. The number of ketones is 1. The number of aliphatic hydroxyl groups is 1. The standard InChI is InChI=1S/C14H17F2NO2Si.C12H11F2NO.C9H8BrF2NO2.C8H5F2N.C6H4BrF2N.C2H6O.C2H5O.Na/c1-5-19-14(18)17-13-10(6-7-20(2,3)4)8-11(15)9-12(13)16;1-7(16)2-3-8-6-15-12-10(8)4-9(13)5-11(12)14;1-2-15-9(14)13-8-6(10)3-5(11)4-7(8)12;9-6-3-5-1-2-11-8(5)7(10)4-6;7-4-1-3(8)2-5(9)6(4)10;2*1-2-3;/h8-9H,5H2,1-4H3,(H,17,18);4-6,15H,2-3H2,1H3;3-4H,2H2,1H3,(H,13,14);1-4,11H;1-2H,10H2;3H,2H2,1H3;2H2,1H3;/q;;;;;;-1;+1. The van der Waals surface area contributed by atoms with Crippen molar-refractivity contribution in [2.75, 3.05) is 42.8 Å². The van der Waals surface area contributed by atoms with E-state index in [1.807, 2.05) is 19.6 Å². The quantitative estimate of drug-likeness (QED) is 0.0393. The summed E-state index contributed by atoms with van der Waals surface area (Å²) in [7, 11) is -1.70. The minimum Gasteiger partial charge on any atom is -0.855 e. The molecule has 7 N–H and O–H groups in total. The number of carbonyl (C=O) groups excluding carboxylic acids is 3. The number of hydrogen-bond acceptors (Lipinski definition) is 8. The van der Waals surface area contributed by atoms with Crippen LogP contribution < -0.4 is 51.0 Å². The average molecular weight is 1280 g/mol. The van der Waals surface area contributed by atoms with Crippen molar-refractivity contribution >= 4 is 96.8 Å². The summed E-state index contributed by atoms with van der Waals surface area (Å²) in [6.07, 6.45) is 2.49. The van der Waals surface area contributed by atoms with Gasteiger partial charge in [-0.05, 0) is 108 Å². The zero-order chi connectivity index (χ0) is 59.4. The predicted molar refractivity (Wildman–Crippen MR) is 289 cm³/mol. The molecular formula is C53H56Br2F10N5NaO7Si. The van der Waals surface area contributed by atoms with E-state index >= 15 is 0 Å². The van der Waals surface area contributed by atoms with Crippen molar-refractivity contribution in [3.63, 3.8) is 0 Å². The number of aryl methyl sites for hydroxylation is 1. The number of halogens is 12. The van der Waals surface area contributed by atoms with Crippen LogP contribution in [0.25, 0.3) is 21.8 Å². The minimum absolute atomic E-state index is 0. The van der Waals surface area contributed by atoms with Gasteiger partial charge >= 0.3 is 41.7 Å². The van der Waals surface area contributed by atoms with Gasteiger partial charge in [0.25, 0.3) is 0 Å². The van der Waals surface area contributed by atoms with E-state index in [0.717, 1.165) is 42.0 Å². The van der Waals surface area contributed by atoms with Crippen LogP contribution in [0.1, 0.15) is 52.2 Å². The molecule has 26 heteroatoms. The van der Waals surface area contributed by atoms with Crippen molar-refractivity contribution in [3.8, 4) is 11.5 Å². The number of nitrogen functional groups attached to an aromatic ring is 1. The van der Waals surface area contributed by atoms with E-state index in [1.54, 1.807) is 46.2 Å². The molecule has 0 saturated carbocycles. The van der Waals surface area contributed by atoms with Crippen molar-refractivity contribution in [1.82, 2.24) is 9.97 Å². The Morgan fingerprint density at radius 2 is 1.11 bits per heavy atom. The van der Waals surface area contributed by atoms with E-state index in [-0.39, 0.29) is 93.3 Å². The summed E-state index contributed by atoms with van der Waals surface area (Å²) < 4.78 is 139. The number of amides is 2. The molecule has 0 aliphatic rings. The van der Waals surface area contributed by atoms with Gasteiger partial charge in [0.2, 0.25) is 0 Å². The molecule has 0 atom stereocenters. The van der Waals surface area contributed by atoms with Gasteiger partial charge in [0.05, 0.1) is 46.9 Å². The second-order valence-corrected chi connectivity index (χ2v) is 22.7. The number of nitrogens with one attached hydrogen (secondary N) is 4. The fraction of sp³-hybridized carbons (Fsp3) is 0.264. The number of rotatable bonds is 7. The Morgan fingerprint density at radius 1 is 0.671 bits per heavy atom. The van der Waals surface area contributed by atoms with Crippen LogP contribution in [0.5, 0.6) is 0 Å². The van der Waals surface area contributed by atoms with Crippen LogP contribution >= 0.6 is 31.9 Å². The maximum absolute atomic E-state index is 13.8. The maximum atomic E-state index is 13.8. The van der Waals surface area contributed by atoms with Crippen LogP contribution in [0.15, 0.2) is 88.1 Å². The molecule has 424 valence electrons. The molecule has 12 nitrogen and oxygen atoms in total. The summed E-state index contributed by atoms with van der Waals surface area (Å²) in [5.41, 5.74) is 9.32. The number of aromatic nitrogens is 2. The Bertz CT molecular complexity index is 3110. The van der Waals surface area contributed by atoms with E-state index in [1.165, 1.54) is 19.1 Å². The first-order valence-electron chi connectivity index (χ1n) is 23.1. The fourth-order valence-electron chi connectivity index (χ4n) is 5.63. The Morgan fingerprint density at radius 3 is 1.61 bits per heavy atom. The van der Waals surface area contributed by atoms with Gasteiger partial charge in [-0.25, -0.2) is 53.5 Å². The van der Waals surface area contributed by atoms with Crippen LogP contribution in [-0.2, 0) is 20.7 Å². The molecule has 0 aliphatic heterocycles. The Kier molecular flexibility index (Phi) is 34.4. The topological polar surface area (TPSA) is 195 Å². The molecule has 0 bridgehead atoms. The third-order valence-electron chi connectivity index (χ3n) is 8.80. The van der Waals surface area contributed by atoms with Crippen molar-refractivity contribution in [2.45, 2.75) is 67.1 Å². The molecule has 5 aromatic carbocycles. The zero-order valence-corrected chi connectivity index (χ0v) is 50.4. The average Bonchev–Trinajstić information content (AvgIpc) is 3.98. The van der Waals surface area contributed by atoms with Gasteiger partial charge in [-0.2, -0.15) is 0 Å². The largest absolute Gasteiger partial charge is 1.00 e. The van der Waals surface area contributed by atoms with E-state index in [0.29, 0.717) is 46.8 Å². The minimum atomic E-state index is -1.70.